The third kappa shape index (κ3) is 3.47. The van der Waals surface area contributed by atoms with Gasteiger partial charge in [0.15, 0.2) is 0 Å². The van der Waals surface area contributed by atoms with Gasteiger partial charge in [0.1, 0.15) is 6.04 Å². The molecule has 1 atom stereocenters. The van der Waals surface area contributed by atoms with E-state index in [0.29, 0.717) is 6.42 Å². The van der Waals surface area contributed by atoms with Crippen molar-refractivity contribution in [2.24, 2.45) is 0 Å². The molecule has 0 spiro atoms. The van der Waals surface area contributed by atoms with E-state index < -0.39 is 12.2 Å². The van der Waals surface area contributed by atoms with Crippen molar-refractivity contribution >= 4 is 10.9 Å². The second kappa shape index (κ2) is 5.61. The highest BCUT2D eigenvalue weighted by molar-refractivity contribution is 5.79. The summed E-state index contributed by atoms with van der Waals surface area (Å²) >= 11 is 0. The van der Waals surface area contributed by atoms with Crippen LogP contribution >= 0.6 is 0 Å². The van der Waals surface area contributed by atoms with Gasteiger partial charge in [-0.25, -0.2) is 0 Å². The van der Waals surface area contributed by atoms with Crippen LogP contribution in [0.25, 0.3) is 10.9 Å². The van der Waals surface area contributed by atoms with Crippen molar-refractivity contribution in [1.29, 1.82) is 0 Å². The van der Waals surface area contributed by atoms with Crippen LogP contribution in [0.15, 0.2) is 24.5 Å². The molecule has 2 N–H and O–H groups in total. The van der Waals surface area contributed by atoms with Crippen LogP contribution in [0.4, 0.5) is 13.2 Å². The van der Waals surface area contributed by atoms with E-state index in [9.17, 15) is 13.2 Å². The first-order valence-corrected chi connectivity index (χ1v) is 6.22. The number of halogens is 3. The lowest BCUT2D eigenvalue weighted by atomic mass is 10.1. The summed E-state index contributed by atoms with van der Waals surface area (Å²) in [5.41, 5.74) is 1.56. The van der Waals surface area contributed by atoms with Crippen LogP contribution in [-0.2, 0) is 6.54 Å². The third-order valence-corrected chi connectivity index (χ3v) is 2.99. The number of aromatic amines is 1. The molecule has 3 nitrogen and oxygen atoms in total. The van der Waals surface area contributed by atoms with E-state index in [4.69, 9.17) is 0 Å². The summed E-state index contributed by atoms with van der Waals surface area (Å²) < 4.78 is 38.2. The molecule has 0 aliphatic heterocycles. The molecule has 0 aliphatic carbocycles. The lowest BCUT2D eigenvalue weighted by Crippen LogP contribution is -2.41. The summed E-state index contributed by atoms with van der Waals surface area (Å²) in [6.07, 6.45) is -0.308. The highest BCUT2D eigenvalue weighted by Gasteiger charge is 2.38. The van der Waals surface area contributed by atoms with E-state index in [1.165, 1.54) is 0 Å². The van der Waals surface area contributed by atoms with Crippen molar-refractivity contribution in [3.05, 3.63) is 30.2 Å². The fraction of sp³-hybridized carbons (Fsp3) is 0.462. The normalized spacial score (nSPS) is 13.9. The van der Waals surface area contributed by atoms with Gasteiger partial charge in [-0.1, -0.05) is 13.3 Å². The fourth-order valence-electron chi connectivity index (χ4n) is 2.03. The zero-order chi connectivity index (χ0) is 13.9. The van der Waals surface area contributed by atoms with Gasteiger partial charge in [-0.05, 0) is 18.6 Å². The Labute approximate surface area is 109 Å². The number of rotatable bonds is 5. The Morgan fingerprint density at radius 2 is 2.21 bits per heavy atom. The quantitative estimate of drug-likeness (QED) is 0.875. The summed E-state index contributed by atoms with van der Waals surface area (Å²) in [7, 11) is 0. The third-order valence-electron chi connectivity index (χ3n) is 2.99. The predicted molar refractivity (Wildman–Crippen MR) is 67.7 cm³/mol. The molecule has 2 aromatic heterocycles. The summed E-state index contributed by atoms with van der Waals surface area (Å²) in [6, 6.07) is 2.20. The van der Waals surface area contributed by atoms with E-state index in [0.717, 1.165) is 16.6 Å². The number of nitrogens with one attached hydrogen (secondary N) is 2. The van der Waals surface area contributed by atoms with Gasteiger partial charge < -0.3 is 10.3 Å². The van der Waals surface area contributed by atoms with Crippen LogP contribution < -0.4 is 5.32 Å². The van der Waals surface area contributed by atoms with Gasteiger partial charge in [0.25, 0.3) is 0 Å². The summed E-state index contributed by atoms with van der Waals surface area (Å²) in [4.78, 5) is 7.01. The van der Waals surface area contributed by atoms with Gasteiger partial charge >= 0.3 is 6.18 Å². The van der Waals surface area contributed by atoms with Crippen molar-refractivity contribution in [2.75, 3.05) is 0 Å². The van der Waals surface area contributed by atoms with Crippen LogP contribution in [0.3, 0.4) is 0 Å². The number of H-pyrrole nitrogens is 1. The summed E-state index contributed by atoms with van der Waals surface area (Å²) in [5, 5.41) is 3.51. The Kier molecular flexibility index (Phi) is 4.09. The lowest BCUT2D eigenvalue weighted by Gasteiger charge is -2.20. The van der Waals surface area contributed by atoms with Crippen molar-refractivity contribution < 1.29 is 13.2 Å². The minimum absolute atomic E-state index is 0.0886. The molecule has 19 heavy (non-hydrogen) atoms. The molecule has 104 valence electrons. The Hall–Kier alpha value is -1.56. The van der Waals surface area contributed by atoms with Crippen LogP contribution in [0.2, 0.25) is 0 Å². The highest BCUT2D eigenvalue weighted by Crippen LogP contribution is 2.24. The molecule has 0 fully saturated rings. The first kappa shape index (κ1) is 13.9. The Morgan fingerprint density at radius 3 is 2.84 bits per heavy atom. The first-order chi connectivity index (χ1) is 9.00. The number of hydrogen-bond donors (Lipinski definition) is 2. The maximum absolute atomic E-state index is 12.7. The second-order valence-corrected chi connectivity index (χ2v) is 4.52. The molecule has 0 radical (unpaired) electrons. The summed E-state index contributed by atoms with van der Waals surface area (Å²) in [6.45, 7) is 1.91. The minimum Gasteiger partial charge on any atom is -0.356 e. The molecule has 0 saturated heterocycles. The molecule has 0 bridgehead atoms. The van der Waals surface area contributed by atoms with Crippen LogP contribution in [0.5, 0.6) is 0 Å². The van der Waals surface area contributed by atoms with Crippen molar-refractivity contribution in [3.63, 3.8) is 0 Å². The molecule has 0 aromatic carbocycles. The zero-order valence-electron chi connectivity index (χ0n) is 10.6. The molecule has 0 amide bonds. The minimum atomic E-state index is -4.20. The molecule has 6 heteroatoms. The Balaban J connectivity index is 2.04. The van der Waals surface area contributed by atoms with Gasteiger partial charge in [0, 0.05) is 23.8 Å². The maximum Gasteiger partial charge on any atom is 0.403 e. The molecule has 2 aromatic rings. The molecule has 2 rings (SSSR count). The molecule has 1 unspecified atom stereocenters. The number of fused-ring (bicyclic) bond motifs is 1. The SMILES string of the molecule is CCCC(NCc1cc2ccncc2[nH]1)C(F)(F)F. The van der Waals surface area contributed by atoms with E-state index >= 15 is 0 Å². The van der Waals surface area contributed by atoms with E-state index in [-0.39, 0.29) is 13.0 Å². The van der Waals surface area contributed by atoms with Gasteiger partial charge in [0.05, 0.1) is 11.7 Å². The topological polar surface area (TPSA) is 40.7 Å². The number of nitrogens with zero attached hydrogens (tertiary/aromatic N) is 1. The highest BCUT2D eigenvalue weighted by atomic mass is 19.4. The molecule has 0 aliphatic rings. The largest absolute Gasteiger partial charge is 0.403 e. The predicted octanol–water partition coefficient (Wildman–Crippen LogP) is 3.38. The van der Waals surface area contributed by atoms with Gasteiger partial charge in [-0.2, -0.15) is 13.2 Å². The number of pyridine rings is 1. The Bertz CT molecular complexity index is 500. The molecule has 2 heterocycles. The van der Waals surface area contributed by atoms with Crippen LogP contribution in [-0.4, -0.2) is 22.2 Å². The monoisotopic (exact) mass is 271 g/mol. The Morgan fingerprint density at radius 1 is 1.42 bits per heavy atom. The summed E-state index contributed by atoms with van der Waals surface area (Å²) in [5.74, 6) is 0. The lowest BCUT2D eigenvalue weighted by molar-refractivity contribution is -0.157. The molecular weight excluding hydrogens is 255 g/mol. The smallest absolute Gasteiger partial charge is 0.356 e. The number of hydrogen-bond acceptors (Lipinski definition) is 2. The first-order valence-electron chi connectivity index (χ1n) is 6.22. The van der Waals surface area contributed by atoms with Gasteiger partial charge in [-0.3, -0.25) is 4.98 Å². The van der Waals surface area contributed by atoms with Crippen LogP contribution in [0.1, 0.15) is 25.5 Å². The average Bonchev–Trinajstić information content (AvgIpc) is 2.75. The van der Waals surface area contributed by atoms with E-state index in [2.05, 4.69) is 15.3 Å². The van der Waals surface area contributed by atoms with E-state index in [1.807, 2.05) is 12.1 Å². The van der Waals surface area contributed by atoms with Crippen molar-refractivity contribution in [1.82, 2.24) is 15.3 Å². The zero-order valence-corrected chi connectivity index (χ0v) is 10.6. The van der Waals surface area contributed by atoms with E-state index in [1.54, 1.807) is 19.3 Å². The molecular formula is C13H16F3N3. The number of alkyl halides is 3. The second-order valence-electron chi connectivity index (χ2n) is 4.52. The van der Waals surface area contributed by atoms with Crippen LogP contribution in [0, 0.1) is 0 Å². The molecule has 0 saturated carbocycles. The van der Waals surface area contributed by atoms with Gasteiger partial charge in [-0.15, -0.1) is 0 Å². The van der Waals surface area contributed by atoms with Crippen molar-refractivity contribution in [2.45, 2.75) is 38.5 Å². The standard InChI is InChI=1S/C13H16F3N3/c1-2-3-12(13(14,15)16)18-7-10-6-9-4-5-17-8-11(9)19-10/h4-6,8,12,18-19H,2-3,7H2,1H3. The maximum atomic E-state index is 12.7. The van der Waals surface area contributed by atoms with Crippen molar-refractivity contribution in [3.8, 4) is 0 Å². The number of aromatic nitrogens is 2. The van der Waals surface area contributed by atoms with Gasteiger partial charge in [0.2, 0.25) is 0 Å². The fourth-order valence-corrected chi connectivity index (χ4v) is 2.03. The average molecular weight is 271 g/mol.